The number of rotatable bonds is 4. The molecule has 7 heteroatoms. The van der Waals surface area contributed by atoms with E-state index in [-0.39, 0.29) is 21.9 Å². The van der Waals surface area contributed by atoms with Crippen LogP contribution in [0.5, 0.6) is 0 Å². The third-order valence-electron chi connectivity index (χ3n) is 5.69. The van der Waals surface area contributed by atoms with Crippen molar-refractivity contribution < 1.29 is 17.6 Å². The summed E-state index contributed by atoms with van der Waals surface area (Å²) in [7, 11) is -3.73. The van der Waals surface area contributed by atoms with Gasteiger partial charge in [0.1, 0.15) is 5.58 Å². The fraction of sp³-hybridized carbons (Fsp3) is 0.286. The Morgan fingerprint density at radius 2 is 1.89 bits per heavy atom. The Hall–Kier alpha value is -2.64. The van der Waals surface area contributed by atoms with Crippen LogP contribution in [0, 0.1) is 0 Å². The molecular weight excluding hydrogens is 376 g/mol. The van der Waals surface area contributed by atoms with Gasteiger partial charge in [0, 0.05) is 35.1 Å². The largest absolute Gasteiger partial charge is 0.444 e. The van der Waals surface area contributed by atoms with Crippen molar-refractivity contribution in [3.8, 4) is 0 Å². The number of benzene rings is 2. The highest BCUT2D eigenvalue weighted by Crippen LogP contribution is 2.30. The average molecular weight is 396 g/mol. The third-order valence-corrected chi connectivity index (χ3v) is 7.32. The van der Waals surface area contributed by atoms with E-state index in [2.05, 4.69) is 10.6 Å². The number of nitrogens with one attached hydrogen (secondary N) is 2. The normalized spacial score (nSPS) is 23.9. The van der Waals surface area contributed by atoms with Gasteiger partial charge in [-0.15, -0.1) is 0 Å². The summed E-state index contributed by atoms with van der Waals surface area (Å²) in [5.74, 6) is -0.162. The highest BCUT2D eigenvalue weighted by atomic mass is 32.2. The lowest BCUT2D eigenvalue weighted by Crippen LogP contribution is -2.42. The molecule has 2 aromatic carbocycles. The molecule has 0 aliphatic carbocycles. The third kappa shape index (κ3) is 2.91. The van der Waals surface area contributed by atoms with Crippen LogP contribution in [0.1, 0.15) is 29.6 Å². The van der Waals surface area contributed by atoms with E-state index in [0.29, 0.717) is 28.6 Å². The van der Waals surface area contributed by atoms with Gasteiger partial charge in [0.2, 0.25) is 14.9 Å². The van der Waals surface area contributed by atoms with E-state index in [1.807, 2.05) is 0 Å². The van der Waals surface area contributed by atoms with Gasteiger partial charge in [0.15, 0.2) is 0 Å². The fourth-order valence-electron chi connectivity index (χ4n) is 4.23. The van der Waals surface area contributed by atoms with Gasteiger partial charge >= 0.3 is 0 Å². The van der Waals surface area contributed by atoms with E-state index in [1.165, 1.54) is 24.6 Å². The van der Waals surface area contributed by atoms with Gasteiger partial charge < -0.3 is 15.1 Å². The minimum absolute atomic E-state index is 0.122. The Bertz CT molecular complexity index is 1150. The zero-order valence-electron chi connectivity index (χ0n) is 15.1. The maximum absolute atomic E-state index is 12.7. The van der Waals surface area contributed by atoms with Crippen molar-refractivity contribution in [2.45, 2.75) is 47.4 Å². The molecule has 144 valence electrons. The van der Waals surface area contributed by atoms with Crippen LogP contribution in [-0.4, -0.2) is 32.5 Å². The maximum Gasteiger partial charge on any atom is 0.251 e. The smallest absolute Gasteiger partial charge is 0.251 e. The minimum atomic E-state index is -3.73. The van der Waals surface area contributed by atoms with E-state index in [0.717, 1.165) is 12.8 Å². The quantitative estimate of drug-likeness (QED) is 0.708. The van der Waals surface area contributed by atoms with Crippen LogP contribution < -0.4 is 10.6 Å². The number of amides is 1. The number of hydrogen-bond acceptors (Lipinski definition) is 5. The second-order valence-electron chi connectivity index (χ2n) is 7.50. The van der Waals surface area contributed by atoms with Gasteiger partial charge in [0.25, 0.3) is 5.91 Å². The number of sulfone groups is 1. The van der Waals surface area contributed by atoms with Gasteiger partial charge in [-0.2, -0.15) is 0 Å². The Kier molecular flexibility index (Phi) is 4.03. The summed E-state index contributed by atoms with van der Waals surface area (Å²) in [4.78, 5) is 12.8. The molecule has 2 saturated heterocycles. The minimum Gasteiger partial charge on any atom is -0.444 e. The summed E-state index contributed by atoms with van der Waals surface area (Å²) in [6.45, 7) is 0. The number of hydrogen-bond donors (Lipinski definition) is 2. The van der Waals surface area contributed by atoms with Gasteiger partial charge in [-0.25, -0.2) is 8.42 Å². The second-order valence-corrected chi connectivity index (χ2v) is 9.38. The molecule has 0 saturated carbocycles. The number of carbonyl (C=O) groups is 1. The Morgan fingerprint density at radius 3 is 2.61 bits per heavy atom. The predicted molar refractivity (Wildman–Crippen MR) is 104 cm³/mol. The van der Waals surface area contributed by atoms with Crippen molar-refractivity contribution in [1.82, 2.24) is 10.6 Å². The molecular formula is C21H20N2O4S. The summed E-state index contributed by atoms with van der Waals surface area (Å²) in [6.07, 6.45) is 3.22. The molecule has 0 spiro atoms. The van der Waals surface area contributed by atoms with Crippen LogP contribution in [0.15, 0.2) is 69.0 Å². The van der Waals surface area contributed by atoms with Crippen LogP contribution in [0.3, 0.4) is 0 Å². The molecule has 2 N–H and O–H groups in total. The SMILES string of the molecule is O=C(N[C@@H]1C[C@H]2CC[C@@H]1N2)c1ccc2cc(S(=O)(=O)c3ccccc3)oc2c1. The molecule has 0 unspecified atom stereocenters. The van der Waals surface area contributed by atoms with Crippen molar-refractivity contribution >= 4 is 26.7 Å². The van der Waals surface area contributed by atoms with E-state index in [1.54, 1.807) is 36.4 Å². The van der Waals surface area contributed by atoms with E-state index in [9.17, 15) is 13.2 Å². The van der Waals surface area contributed by atoms with Crippen LogP contribution in [0.2, 0.25) is 0 Å². The van der Waals surface area contributed by atoms with Crippen molar-refractivity contribution in [3.63, 3.8) is 0 Å². The molecule has 3 heterocycles. The first-order valence-corrected chi connectivity index (χ1v) is 10.9. The summed E-state index contributed by atoms with van der Waals surface area (Å²) in [5, 5.41) is 7.12. The molecule has 2 fully saturated rings. The molecule has 2 aliphatic rings. The van der Waals surface area contributed by atoms with E-state index >= 15 is 0 Å². The lowest BCUT2D eigenvalue weighted by atomic mass is 9.95. The molecule has 5 rings (SSSR count). The van der Waals surface area contributed by atoms with E-state index in [4.69, 9.17) is 4.42 Å². The summed E-state index contributed by atoms with van der Waals surface area (Å²) in [6, 6.07) is 15.7. The number of furan rings is 1. The molecule has 3 aromatic rings. The average Bonchev–Trinajstić information content (AvgIpc) is 3.43. The van der Waals surface area contributed by atoms with Crippen LogP contribution in [0.4, 0.5) is 0 Å². The van der Waals surface area contributed by atoms with Crippen molar-refractivity contribution in [2.75, 3.05) is 0 Å². The second kappa shape index (κ2) is 6.46. The topological polar surface area (TPSA) is 88.4 Å². The maximum atomic E-state index is 12.7. The highest BCUT2D eigenvalue weighted by molar-refractivity contribution is 7.91. The first-order valence-electron chi connectivity index (χ1n) is 9.41. The molecule has 1 amide bonds. The summed E-state index contributed by atoms with van der Waals surface area (Å²) >= 11 is 0. The molecule has 3 atom stereocenters. The monoisotopic (exact) mass is 396 g/mol. The van der Waals surface area contributed by atoms with Gasteiger partial charge in [0.05, 0.1) is 4.90 Å². The van der Waals surface area contributed by atoms with Gasteiger partial charge in [-0.3, -0.25) is 4.79 Å². The van der Waals surface area contributed by atoms with Crippen LogP contribution >= 0.6 is 0 Å². The molecule has 6 nitrogen and oxygen atoms in total. The fourth-order valence-corrected chi connectivity index (χ4v) is 5.46. The Morgan fingerprint density at radius 1 is 1.07 bits per heavy atom. The van der Waals surface area contributed by atoms with Crippen molar-refractivity contribution in [3.05, 3.63) is 60.2 Å². The lowest BCUT2D eigenvalue weighted by Gasteiger charge is -2.21. The summed E-state index contributed by atoms with van der Waals surface area (Å²) in [5.41, 5.74) is 0.849. The number of carbonyl (C=O) groups excluding carboxylic acids is 1. The Balaban J connectivity index is 1.42. The number of fused-ring (bicyclic) bond motifs is 3. The zero-order valence-corrected chi connectivity index (χ0v) is 15.9. The van der Waals surface area contributed by atoms with Crippen molar-refractivity contribution in [2.24, 2.45) is 0 Å². The van der Waals surface area contributed by atoms with Gasteiger partial charge in [-0.05, 0) is 43.5 Å². The molecule has 0 radical (unpaired) electrons. The predicted octanol–water partition coefficient (Wildman–Crippen LogP) is 2.89. The summed E-state index contributed by atoms with van der Waals surface area (Å²) < 4.78 is 31.1. The first-order chi connectivity index (χ1) is 13.5. The molecule has 2 bridgehead atoms. The highest BCUT2D eigenvalue weighted by Gasteiger charge is 2.39. The standard InChI is InChI=1S/C21H20N2O4S/c24-21(23-18-12-15-8-9-17(18)22-15)14-7-6-13-11-20(27-19(13)10-14)28(25,26)16-4-2-1-3-5-16/h1-7,10-11,15,17-18,22H,8-9,12H2,(H,23,24)/t15-,17+,18-/m1/s1. The van der Waals surface area contributed by atoms with Crippen molar-refractivity contribution in [1.29, 1.82) is 0 Å². The first kappa shape index (κ1) is 17.5. The van der Waals surface area contributed by atoms with Crippen LogP contribution in [-0.2, 0) is 9.84 Å². The molecule has 28 heavy (non-hydrogen) atoms. The van der Waals surface area contributed by atoms with Gasteiger partial charge in [-0.1, -0.05) is 24.3 Å². The molecule has 1 aromatic heterocycles. The lowest BCUT2D eigenvalue weighted by molar-refractivity contribution is 0.0931. The van der Waals surface area contributed by atoms with Crippen LogP contribution in [0.25, 0.3) is 11.0 Å². The molecule has 2 aliphatic heterocycles. The van der Waals surface area contributed by atoms with E-state index < -0.39 is 9.84 Å². The zero-order chi connectivity index (χ0) is 19.3. The Labute approximate surface area is 162 Å².